The summed E-state index contributed by atoms with van der Waals surface area (Å²) in [5.74, 6) is -0.719. The Morgan fingerprint density at radius 2 is 1.15 bits per heavy atom. The molecule has 0 unspecified atom stereocenters. The van der Waals surface area contributed by atoms with Gasteiger partial charge in [-0.3, -0.25) is 14.7 Å². The van der Waals surface area contributed by atoms with Crippen molar-refractivity contribution in [2.24, 2.45) is 4.99 Å². The number of urea groups is 2. The highest BCUT2D eigenvalue weighted by Crippen LogP contribution is 1.89. The molecule has 4 amide bonds. The first-order valence-corrected chi connectivity index (χ1v) is 13.0. The smallest absolute Gasteiger partial charge is 0.330 e. The molecule has 40 heavy (non-hydrogen) atoms. The summed E-state index contributed by atoms with van der Waals surface area (Å²) in [7, 11) is 0. The minimum Gasteiger partial charge on any atom is -0.464 e. The third-order valence-electron chi connectivity index (χ3n) is 4.82. The molecule has 0 aliphatic rings. The third kappa shape index (κ3) is 21.9. The summed E-state index contributed by atoms with van der Waals surface area (Å²) in [6, 6.07) is -0.802. The van der Waals surface area contributed by atoms with Crippen LogP contribution in [0.15, 0.2) is 30.3 Å². The van der Waals surface area contributed by atoms with Crippen molar-refractivity contribution in [1.29, 1.82) is 0 Å². The Kier molecular flexibility index (Phi) is 21.5. The summed E-state index contributed by atoms with van der Waals surface area (Å²) < 4.78 is 14.6. The Morgan fingerprint density at radius 3 is 1.62 bits per heavy atom. The highest BCUT2D eigenvalue weighted by atomic mass is 16.5. The Balaban J connectivity index is 4.53. The molecule has 15 nitrogen and oxygen atoms in total. The molecule has 0 atom stereocenters. The number of carbonyl (C=O) groups excluding carboxylic acids is 5. The highest BCUT2D eigenvalue weighted by Gasteiger charge is 2.08. The largest absolute Gasteiger partial charge is 0.464 e. The fourth-order valence-electron chi connectivity index (χ4n) is 2.78. The van der Waals surface area contributed by atoms with Crippen LogP contribution in [0.5, 0.6) is 0 Å². The lowest BCUT2D eigenvalue weighted by Crippen LogP contribution is -2.45. The number of aliphatic imine (C=N–C) groups is 1. The van der Waals surface area contributed by atoms with Gasteiger partial charge in [-0.05, 0) is 6.92 Å². The quantitative estimate of drug-likeness (QED) is 0.0295. The molecule has 0 saturated carbocycles. The van der Waals surface area contributed by atoms with Crippen molar-refractivity contribution in [2.45, 2.75) is 20.3 Å². The second-order valence-electron chi connectivity index (χ2n) is 7.92. The molecule has 0 aromatic heterocycles. The maximum atomic E-state index is 12.0. The van der Waals surface area contributed by atoms with Crippen LogP contribution in [0.1, 0.15) is 20.3 Å². The van der Waals surface area contributed by atoms with Crippen molar-refractivity contribution in [2.75, 3.05) is 78.7 Å². The third-order valence-corrected chi connectivity index (χ3v) is 4.82. The lowest BCUT2D eigenvalue weighted by molar-refractivity contribution is -0.143. The van der Waals surface area contributed by atoms with Crippen molar-refractivity contribution in [3.05, 3.63) is 25.3 Å². The van der Waals surface area contributed by atoms with Crippen LogP contribution in [0.4, 0.5) is 9.59 Å². The number of hydrogen-bond donors (Lipinski definition) is 5. The van der Waals surface area contributed by atoms with Gasteiger partial charge in [0.1, 0.15) is 19.8 Å². The minimum atomic E-state index is -0.565. The summed E-state index contributed by atoms with van der Waals surface area (Å²) in [5.41, 5.74) is 0. The highest BCUT2D eigenvalue weighted by molar-refractivity contribution is 5.82. The van der Waals surface area contributed by atoms with Crippen LogP contribution in [0.3, 0.4) is 0 Å². The predicted molar refractivity (Wildman–Crippen MR) is 149 cm³/mol. The SMILES string of the molecule is C=CC(=O)OCCNC(=O)NCCN(CCN=C(C)NCCOC(=O)C=C)CCNC(=O)NCCOC(=O)CC. The summed E-state index contributed by atoms with van der Waals surface area (Å²) >= 11 is 0. The second kappa shape index (κ2) is 23.9. The predicted octanol–water partition coefficient (Wildman–Crippen LogP) is -0.694. The molecule has 0 aromatic carbocycles. The van der Waals surface area contributed by atoms with Gasteiger partial charge in [0.25, 0.3) is 0 Å². The maximum Gasteiger partial charge on any atom is 0.330 e. The number of carbonyl (C=O) groups is 5. The van der Waals surface area contributed by atoms with Crippen LogP contribution in [0, 0.1) is 0 Å². The summed E-state index contributed by atoms with van der Waals surface area (Å²) in [5, 5.41) is 13.7. The van der Waals surface area contributed by atoms with Crippen LogP contribution < -0.4 is 26.6 Å². The van der Waals surface area contributed by atoms with E-state index in [0.717, 1.165) is 12.2 Å². The van der Waals surface area contributed by atoms with Gasteiger partial charge in [0.05, 0.1) is 32.0 Å². The van der Waals surface area contributed by atoms with E-state index in [4.69, 9.17) is 14.2 Å². The molecule has 0 saturated heterocycles. The van der Waals surface area contributed by atoms with Crippen LogP contribution in [-0.4, -0.2) is 119 Å². The molecule has 0 aliphatic heterocycles. The lowest BCUT2D eigenvalue weighted by Gasteiger charge is -2.22. The van der Waals surface area contributed by atoms with Crippen LogP contribution in [0.25, 0.3) is 0 Å². The zero-order valence-electron chi connectivity index (χ0n) is 23.4. The Morgan fingerprint density at radius 1 is 0.700 bits per heavy atom. The molecule has 0 rings (SSSR count). The summed E-state index contributed by atoms with van der Waals surface area (Å²) in [6.07, 6.45) is 2.41. The van der Waals surface area contributed by atoms with Gasteiger partial charge in [0.15, 0.2) is 0 Å². The zero-order chi connectivity index (χ0) is 30.0. The standard InChI is InChI=1S/C25H43N7O8/c1-5-21(33)38-17-11-27-20(4)26-8-14-32(15-9-28-24(36)30-12-18-39-22(34)6-2)16-10-29-25(37)31-13-19-40-23(35)7-3/h5-6H,1-2,7-19H2,3-4H3,(H,26,27)(H2,28,30,36)(H2,29,31,37). The molecule has 0 spiro atoms. The van der Waals surface area contributed by atoms with Gasteiger partial charge in [0, 0.05) is 51.3 Å². The monoisotopic (exact) mass is 569 g/mol. The maximum absolute atomic E-state index is 12.0. The van der Waals surface area contributed by atoms with E-state index >= 15 is 0 Å². The van der Waals surface area contributed by atoms with Gasteiger partial charge in [-0.15, -0.1) is 0 Å². The number of rotatable bonds is 21. The van der Waals surface area contributed by atoms with E-state index in [2.05, 4.69) is 44.7 Å². The molecule has 0 radical (unpaired) electrons. The minimum absolute atomic E-state index is 0.0290. The van der Waals surface area contributed by atoms with Gasteiger partial charge >= 0.3 is 30.0 Å². The Bertz CT molecular complexity index is 851. The number of hydrogen-bond acceptors (Lipinski definition) is 10. The van der Waals surface area contributed by atoms with Crippen LogP contribution in [-0.2, 0) is 28.6 Å². The van der Waals surface area contributed by atoms with E-state index in [1.807, 2.05) is 4.90 Å². The average Bonchev–Trinajstić information content (AvgIpc) is 2.94. The van der Waals surface area contributed by atoms with Crippen molar-refractivity contribution in [3.8, 4) is 0 Å². The number of nitrogens with one attached hydrogen (secondary N) is 5. The molecular weight excluding hydrogens is 526 g/mol. The van der Waals surface area contributed by atoms with E-state index in [9.17, 15) is 24.0 Å². The average molecular weight is 570 g/mol. The molecular formula is C25H43N7O8. The first-order valence-electron chi connectivity index (χ1n) is 13.0. The normalized spacial score (nSPS) is 10.6. The van der Waals surface area contributed by atoms with E-state index < -0.39 is 24.0 Å². The van der Waals surface area contributed by atoms with E-state index in [1.54, 1.807) is 13.8 Å². The first kappa shape index (κ1) is 35.9. The Hall–Kier alpha value is -4.14. The van der Waals surface area contributed by atoms with Crippen LogP contribution in [0.2, 0.25) is 0 Å². The fraction of sp³-hybridized carbons (Fsp3) is 0.600. The summed E-state index contributed by atoms with van der Waals surface area (Å²) in [6.45, 7) is 13.8. The number of amides is 4. The molecule has 0 aromatic rings. The van der Waals surface area contributed by atoms with Crippen molar-refractivity contribution < 1.29 is 38.2 Å². The van der Waals surface area contributed by atoms with E-state index in [-0.39, 0.29) is 45.3 Å². The van der Waals surface area contributed by atoms with Crippen LogP contribution >= 0.6 is 0 Å². The number of ether oxygens (including phenoxy) is 3. The molecule has 0 aliphatic carbocycles. The van der Waals surface area contributed by atoms with Gasteiger partial charge in [0.2, 0.25) is 0 Å². The number of nitrogens with zero attached hydrogens (tertiary/aromatic N) is 2. The lowest BCUT2D eigenvalue weighted by atomic mass is 10.4. The molecule has 226 valence electrons. The van der Waals surface area contributed by atoms with E-state index in [0.29, 0.717) is 51.6 Å². The summed E-state index contributed by atoms with van der Waals surface area (Å²) in [4.78, 5) is 63.6. The topological polar surface area (TPSA) is 189 Å². The molecule has 15 heteroatoms. The van der Waals surface area contributed by atoms with E-state index in [1.165, 1.54) is 0 Å². The van der Waals surface area contributed by atoms with Gasteiger partial charge in [-0.2, -0.15) is 0 Å². The van der Waals surface area contributed by atoms with Gasteiger partial charge < -0.3 is 40.8 Å². The molecule has 5 N–H and O–H groups in total. The van der Waals surface area contributed by atoms with Crippen molar-refractivity contribution >= 4 is 35.8 Å². The van der Waals surface area contributed by atoms with Gasteiger partial charge in [-0.1, -0.05) is 20.1 Å². The molecule has 0 bridgehead atoms. The zero-order valence-corrected chi connectivity index (χ0v) is 23.4. The van der Waals surface area contributed by atoms with Gasteiger partial charge in [-0.25, -0.2) is 19.2 Å². The Labute approximate surface area is 235 Å². The second-order valence-corrected chi connectivity index (χ2v) is 7.92. The van der Waals surface area contributed by atoms with Crippen molar-refractivity contribution in [3.63, 3.8) is 0 Å². The first-order chi connectivity index (χ1) is 19.2. The fourth-order valence-corrected chi connectivity index (χ4v) is 2.78. The number of esters is 3. The van der Waals surface area contributed by atoms with Crippen molar-refractivity contribution in [1.82, 2.24) is 31.5 Å². The molecule has 0 fully saturated rings. The number of amidine groups is 1. The molecule has 0 heterocycles.